The van der Waals surface area contributed by atoms with Gasteiger partial charge < -0.3 is 9.67 Å². The Kier molecular flexibility index (Phi) is 7.30. The molecule has 188 valence electrons. The summed E-state index contributed by atoms with van der Waals surface area (Å²) >= 11 is 8.53. The molecule has 0 spiro atoms. The van der Waals surface area contributed by atoms with Crippen LogP contribution in [0.4, 0.5) is 0 Å². The molecule has 0 aliphatic carbocycles. The minimum Gasteiger partial charge on any atom is -0.390 e. The molecule has 0 aliphatic rings. The van der Waals surface area contributed by atoms with Gasteiger partial charge in [0.15, 0.2) is 0 Å². The van der Waals surface area contributed by atoms with Gasteiger partial charge in [0.1, 0.15) is 11.4 Å². The molecule has 0 amide bonds. The van der Waals surface area contributed by atoms with Crippen molar-refractivity contribution in [1.82, 2.24) is 19.7 Å². The van der Waals surface area contributed by atoms with Crippen molar-refractivity contribution in [1.29, 1.82) is 0 Å². The van der Waals surface area contributed by atoms with Gasteiger partial charge in [0, 0.05) is 47.6 Å². The normalized spacial score (nSPS) is 12.3. The number of aliphatic hydroxyl groups is 1. The second-order valence-electron chi connectivity index (χ2n) is 8.92. The number of aromatic nitrogens is 4. The lowest BCUT2D eigenvalue weighted by Crippen LogP contribution is -2.18. The smallest absolute Gasteiger partial charge is 0.209 e. The Hall–Kier alpha value is -3.04. The lowest BCUT2D eigenvalue weighted by atomic mass is 10.0. The first-order valence-electron chi connectivity index (χ1n) is 12.1. The topological polar surface area (TPSA) is 63.8 Å². The van der Waals surface area contributed by atoms with Crippen molar-refractivity contribution in [3.05, 3.63) is 106 Å². The fourth-order valence-corrected chi connectivity index (χ4v) is 6.17. The lowest BCUT2D eigenvalue weighted by Gasteiger charge is -2.14. The SMILES string of the molecule is OC(CSc1nnc(-c2cccc(Br)c2)c(-c2cccc(Br)c2)n1)Cn1c2ccccc2c2ccccc21. The largest absolute Gasteiger partial charge is 0.390 e. The average Bonchev–Trinajstić information content (AvgIpc) is 3.25. The van der Waals surface area contributed by atoms with Gasteiger partial charge in [-0.15, -0.1) is 10.2 Å². The summed E-state index contributed by atoms with van der Waals surface area (Å²) in [6, 6.07) is 32.6. The zero-order valence-corrected chi connectivity index (χ0v) is 24.1. The van der Waals surface area contributed by atoms with Gasteiger partial charge in [-0.3, -0.25) is 0 Å². The van der Waals surface area contributed by atoms with E-state index in [0.29, 0.717) is 23.1 Å². The maximum atomic E-state index is 11.1. The van der Waals surface area contributed by atoms with Crippen LogP contribution in [-0.4, -0.2) is 36.7 Å². The van der Waals surface area contributed by atoms with E-state index in [4.69, 9.17) is 4.98 Å². The predicted octanol–water partition coefficient (Wildman–Crippen LogP) is 7.99. The van der Waals surface area contributed by atoms with Gasteiger partial charge in [-0.05, 0) is 36.4 Å². The van der Waals surface area contributed by atoms with Crippen molar-refractivity contribution in [3.8, 4) is 22.5 Å². The molecule has 0 aliphatic heterocycles. The standard InChI is InChI=1S/C30H22Br2N4OS/c31-21-9-5-7-19(15-21)28-29(20-8-6-10-22(32)16-20)34-35-30(33-28)38-18-23(37)17-36-26-13-3-1-11-24(26)25-12-2-4-14-27(25)36/h1-16,23,37H,17-18H2. The van der Waals surface area contributed by atoms with Crippen LogP contribution in [0.15, 0.2) is 111 Å². The number of thioether (sulfide) groups is 1. The minimum absolute atomic E-state index is 0.441. The molecule has 0 saturated heterocycles. The third kappa shape index (κ3) is 5.14. The van der Waals surface area contributed by atoms with Gasteiger partial charge in [0.05, 0.1) is 12.6 Å². The maximum absolute atomic E-state index is 11.1. The highest BCUT2D eigenvalue weighted by molar-refractivity contribution is 9.10. The van der Waals surface area contributed by atoms with Crippen LogP contribution in [0.5, 0.6) is 0 Å². The number of benzene rings is 4. The van der Waals surface area contributed by atoms with E-state index >= 15 is 0 Å². The van der Waals surface area contributed by atoms with E-state index in [9.17, 15) is 5.11 Å². The van der Waals surface area contributed by atoms with E-state index in [1.807, 2.05) is 60.7 Å². The number of hydrogen-bond donors (Lipinski definition) is 1. The van der Waals surface area contributed by atoms with E-state index in [1.54, 1.807) is 0 Å². The molecule has 0 bridgehead atoms. The predicted molar refractivity (Wildman–Crippen MR) is 162 cm³/mol. The highest BCUT2D eigenvalue weighted by Gasteiger charge is 2.17. The zero-order valence-electron chi connectivity index (χ0n) is 20.1. The van der Waals surface area contributed by atoms with E-state index in [2.05, 4.69) is 83.0 Å². The summed E-state index contributed by atoms with van der Waals surface area (Å²) in [5, 5.41) is 23.0. The summed E-state index contributed by atoms with van der Waals surface area (Å²) in [5.41, 5.74) is 5.56. The number of hydrogen-bond acceptors (Lipinski definition) is 5. The molecule has 0 radical (unpaired) electrons. The van der Waals surface area contributed by atoms with Gasteiger partial charge in [-0.2, -0.15) is 0 Å². The molecule has 2 heterocycles. The molecule has 8 heteroatoms. The van der Waals surface area contributed by atoms with Gasteiger partial charge in [0.2, 0.25) is 5.16 Å². The molecule has 1 unspecified atom stereocenters. The van der Waals surface area contributed by atoms with Crippen LogP contribution in [0.3, 0.4) is 0 Å². The van der Waals surface area contributed by atoms with Gasteiger partial charge >= 0.3 is 0 Å². The highest BCUT2D eigenvalue weighted by atomic mass is 79.9. The first-order valence-corrected chi connectivity index (χ1v) is 14.7. The fraction of sp³-hybridized carbons (Fsp3) is 0.100. The Labute approximate surface area is 241 Å². The fourth-order valence-electron chi connectivity index (χ4n) is 4.67. The second-order valence-corrected chi connectivity index (χ2v) is 11.7. The summed E-state index contributed by atoms with van der Waals surface area (Å²) in [7, 11) is 0. The lowest BCUT2D eigenvalue weighted by molar-refractivity contribution is 0.181. The van der Waals surface area contributed by atoms with Crippen molar-refractivity contribution >= 4 is 65.4 Å². The molecule has 5 nitrogen and oxygen atoms in total. The van der Waals surface area contributed by atoms with Crippen LogP contribution in [-0.2, 0) is 6.54 Å². The highest BCUT2D eigenvalue weighted by Crippen LogP contribution is 2.33. The molecule has 2 aromatic heterocycles. The van der Waals surface area contributed by atoms with Gasteiger partial charge in [0.25, 0.3) is 0 Å². The Balaban J connectivity index is 1.28. The zero-order chi connectivity index (χ0) is 26.1. The van der Waals surface area contributed by atoms with Crippen molar-refractivity contribution in [3.63, 3.8) is 0 Å². The maximum Gasteiger partial charge on any atom is 0.209 e. The summed E-state index contributed by atoms with van der Waals surface area (Å²) in [6.45, 7) is 0.475. The van der Waals surface area contributed by atoms with E-state index < -0.39 is 6.10 Å². The summed E-state index contributed by atoms with van der Waals surface area (Å²) in [5.74, 6) is 0.441. The summed E-state index contributed by atoms with van der Waals surface area (Å²) in [4.78, 5) is 4.89. The molecular formula is C30H22Br2N4OS. The molecule has 0 saturated carbocycles. The number of rotatable bonds is 7. The van der Waals surface area contributed by atoms with Gasteiger partial charge in [-0.1, -0.05) is 104 Å². The molecule has 38 heavy (non-hydrogen) atoms. The Morgan fingerprint density at radius 3 is 1.89 bits per heavy atom. The number of nitrogens with zero attached hydrogens (tertiary/aromatic N) is 4. The molecule has 4 aromatic carbocycles. The van der Waals surface area contributed by atoms with Crippen molar-refractivity contribution in [2.45, 2.75) is 17.8 Å². The van der Waals surface area contributed by atoms with E-state index in [1.165, 1.54) is 22.5 Å². The number of fused-ring (bicyclic) bond motifs is 3. The number of para-hydroxylation sites is 2. The van der Waals surface area contributed by atoms with Crippen molar-refractivity contribution in [2.75, 3.05) is 5.75 Å². The summed E-state index contributed by atoms with van der Waals surface area (Å²) in [6.07, 6.45) is -0.595. The molecule has 1 atom stereocenters. The van der Waals surface area contributed by atoms with E-state index in [0.717, 1.165) is 36.8 Å². The summed E-state index contributed by atoms with van der Waals surface area (Å²) < 4.78 is 4.12. The first-order chi connectivity index (χ1) is 18.6. The average molecular weight is 646 g/mol. The third-order valence-electron chi connectivity index (χ3n) is 6.34. The number of aliphatic hydroxyl groups excluding tert-OH is 1. The Morgan fingerprint density at radius 1 is 0.711 bits per heavy atom. The Morgan fingerprint density at radius 2 is 1.29 bits per heavy atom. The van der Waals surface area contributed by atoms with Crippen molar-refractivity contribution in [2.24, 2.45) is 0 Å². The second kappa shape index (κ2) is 11.0. The minimum atomic E-state index is -0.595. The van der Waals surface area contributed by atoms with Crippen LogP contribution in [0.1, 0.15) is 0 Å². The van der Waals surface area contributed by atoms with Crippen LogP contribution in [0.25, 0.3) is 44.3 Å². The molecule has 6 rings (SSSR count). The molecule has 6 aromatic rings. The monoisotopic (exact) mass is 644 g/mol. The molecule has 1 N–H and O–H groups in total. The molecule has 0 fully saturated rings. The van der Waals surface area contributed by atoms with Crippen LogP contribution < -0.4 is 0 Å². The first kappa shape index (κ1) is 25.2. The molecular weight excluding hydrogens is 624 g/mol. The van der Waals surface area contributed by atoms with Crippen molar-refractivity contribution < 1.29 is 5.11 Å². The quantitative estimate of drug-likeness (QED) is 0.178. The van der Waals surface area contributed by atoms with Crippen LogP contribution in [0, 0.1) is 0 Å². The van der Waals surface area contributed by atoms with Gasteiger partial charge in [-0.25, -0.2) is 4.98 Å². The number of halogens is 2. The third-order valence-corrected chi connectivity index (χ3v) is 8.31. The van der Waals surface area contributed by atoms with Crippen LogP contribution in [0.2, 0.25) is 0 Å². The van der Waals surface area contributed by atoms with E-state index in [-0.39, 0.29) is 0 Å². The van der Waals surface area contributed by atoms with Crippen LogP contribution >= 0.6 is 43.6 Å². The Bertz CT molecular complexity index is 1720.